The summed E-state index contributed by atoms with van der Waals surface area (Å²) in [5, 5.41) is 3.44. The fourth-order valence-corrected chi connectivity index (χ4v) is 2.98. The van der Waals surface area contributed by atoms with Crippen LogP contribution in [-0.4, -0.2) is 22.9 Å². The van der Waals surface area contributed by atoms with Crippen LogP contribution in [0, 0.1) is 5.92 Å². The first-order valence-corrected chi connectivity index (χ1v) is 8.16. The minimum Gasteiger partial charge on any atom is -0.319 e. The van der Waals surface area contributed by atoms with Crippen LogP contribution in [0.25, 0.3) is 0 Å². The fraction of sp³-hybridized carbons (Fsp3) is 0.611. The van der Waals surface area contributed by atoms with Gasteiger partial charge in [0.15, 0.2) is 0 Å². The molecule has 1 amide bonds. The average molecular weight is 288 g/mol. The molecule has 116 valence electrons. The summed E-state index contributed by atoms with van der Waals surface area (Å²) < 4.78 is 0. The summed E-state index contributed by atoms with van der Waals surface area (Å²) in [5.41, 5.74) is 2.51. The summed E-state index contributed by atoms with van der Waals surface area (Å²) >= 11 is 0. The number of carbonyl (C=O) groups is 1. The molecule has 1 N–H and O–H groups in total. The van der Waals surface area contributed by atoms with Crippen molar-refractivity contribution in [3.8, 4) is 0 Å². The normalized spacial score (nSPS) is 25.2. The maximum atomic E-state index is 12.5. The first-order chi connectivity index (χ1) is 9.99. The van der Waals surface area contributed by atoms with Crippen LogP contribution in [0.3, 0.4) is 0 Å². The van der Waals surface area contributed by atoms with Crippen LogP contribution in [0.2, 0.25) is 0 Å². The van der Waals surface area contributed by atoms with Crippen molar-refractivity contribution in [1.29, 1.82) is 0 Å². The van der Waals surface area contributed by atoms with Gasteiger partial charge in [0.25, 0.3) is 0 Å². The van der Waals surface area contributed by atoms with Crippen molar-refractivity contribution >= 4 is 5.91 Å². The lowest BCUT2D eigenvalue weighted by Gasteiger charge is -2.34. The molecule has 3 heteroatoms. The van der Waals surface area contributed by atoms with Gasteiger partial charge in [-0.05, 0) is 37.3 Å². The zero-order chi connectivity index (χ0) is 15.6. The number of nitrogens with one attached hydrogen (secondary N) is 1. The molecule has 1 saturated heterocycles. The van der Waals surface area contributed by atoms with E-state index in [-0.39, 0.29) is 24.2 Å². The Kier molecular flexibility index (Phi) is 5.04. The number of hydrogen-bond acceptors (Lipinski definition) is 2. The molecule has 1 heterocycles. The molecule has 0 aromatic heterocycles. The third kappa shape index (κ3) is 3.13. The topological polar surface area (TPSA) is 32.3 Å². The van der Waals surface area contributed by atoms with E-state index < -0.39 is 0 Å². The molecular formula is C18H28N2O. The van der Waals surface area contributed by atoms with Crippen molar-refractivity contribution < 1.29 is 4.79 Å². The van der Waals surface area contributed by atoms with Gasteiger partial charge in [-0.15, -0.1) is 0 Å². The molecule has 1 aliphatic heterocycles. The molecule has 21 heavy (non-hydrogen) atoms. The van der Waals surface area contributed by atoms with E-state index in [0.717, 1.165) is 12.8 Å². The predicted octanol–water partition coefficient (Wildman–Crippen LogP) is 3.50. The Morgan fingerprint density at radius 1 is 1.19 bits per heavy atom. The zero-order valence-electron chi connectivity index (χ0n) is 13.9. The second kappa shape index (κ2) is 6.61. The first-order valence-electron chi connectivity index (χ1n) is 8.16. The molecule has 0 spiro atoms. The Balaban J connectivity index is 2.28. The Morgan fingerprint density at radius 3 is 2.33 bits per heavy atom. The Labute approximate surface area is 128 Å². The van der Waals surface area contributed by atoms with E-state index in [4.69, 9.17) is 0 Å². The van der Waals surface area contributed by atoms with Crippen LogP contribution in [0.5, 0.6) is 0 Å². The van der Waals surface area contributed by atoms with Gasteiger partial charge in [-0.25, -0.2) is 0 Å². The van der Waals surface area contributed by atoms with Crippen LogP contribution in [0.1, 0.15) is 58.3 Å². The molecule has 1 fully saturated rings. The molecule has 0 bridgehead atoms. The van der Waals surface area contributed by atoms with Crippen molar-refractivity contribution in [3.63, 3.8) is 0 Å². The number of carbonyl (C=O) groups excluding carboxylic acids is 1. The summed E-state index contributed by atoms with van der Waals surface area (Å²) in [7, 11) is 0. The molecule has 2 rings (SSSR count). The maximum Gasteiger partial charge on any atom is 0.241 e. The lowest BCUT2D eigenvalue weighted by Crippen LogP contribution is -2.41. The molecule has 1 aromatic rings. The summed E-state index contributed by atoms with van der Waals surface area (Å²) in [6, 6.07) is 8.77. The lowest BCUT2D eigenvalue weighted by molar-refractivity contribution is -0.132. The minimum absolute atomic E-state index is 0.00223. The molecule has 4 atom stereocenters. The first kappa shape index (κ1) is 16.0. The Hall–Kier alpha value is -1.35. The number of nitrogens with zero attached hydrogens (tertiary/aromatic N) is 1. The number of hydrogen-bond donors (Lipinski definition) is 1. The molecule has 1 aromatic carbocycles. The van der Waals surface area contributed by atoms with Gasteiger partial charge in [0.1, 0.15) is 6.17 Å². The van der Waals surface area contributed by atoms with E-state index in [9.17, 15) is 4.79 Å². The number of benzene rings is 1. The molecule has 0 radical (unpaired) electrons. The van der Waals surface area contributed by atoms with Gasteiger partial charge in [0, 0.05) is 6.04 Å². The van der Waals surface area contributed by atoms with Crippen LogP contribution in [0.15, 0.2) is 24.3 Å². The van der Waals surface area contributed by atoms with Crippen molar-refractivity contribution in [3.05, 3.63) is 35.4 Å². The van der Waals surface area contributed by atoms with Gasteiger partial charge in [0.2, 0.25) is 5.91 Å². The number of aryl methyl sites for hydroxylation is 1. The largest absolute Gasteiger partial charge is 0.319 e. The highest BCUT2D eigenvalue weighted by Gasteiger charge is 2.40. The molecule has 0 aliphatic carbocycles. The second-order valence-corrected chi connectivity index (χ2v) is 6.26. The fourth-order valence-electron chi connectivity index (χ4n) is 2.98. The Morgan fingerprint density at radius 2 is 1.81 bits per heavy atom. The van der Waals surface area contributed by atoms with Crippen molar-refractivity contribution in [2.24, 2.45) is 5.92 Å². The number of amides is 1. The van der Waals surface area contributed by atoms with E-state index >= 15 is 0 Å². The van der Waals surface area contributed by atoms with Gasteiger partial charge < -0.3 is 4.90 Å². The van der Waals surface area contributed by atoms with E-state index in [0.29, 0.717) is 5.92 Å². The summed E-state index contributed by atoms with van der Waals surface area (Å²) in [6.45, 7) is 10.7. The SMILES string of the molecule is CCc1ccc(C2NC(C)C(=O)N2C(C)C(C)CC)cc1. The molecule has 3 nitrogen and oxygen atoms in total. The smallest absolute Gasteiger partial charge is 0.241 e. The highest BCUT2D eigenvalue weighted by molar-refractivity contribution is 5.84. The highest BCUT2D eigenvalue weighted by Crippen LogP contribution is 2.30. The average Bonchev–Trinajstić information content (AvgIpc) is 2.81. The van der Waals surface area contributed by atoms with E-state index in [2.05, 4.69) is 57.3 Å². The molecule has 4 unspecified atom stereocenters. The van der Waals surface area contributed by atoms with Gasteiger partial charge in [-0.1, -0.05) is 51.5 Å². The number of rotatable bonds is 5. The van der Waals surface area contributed by atoms with E-state index in [1.165, 1.54) is 11.1 Å². The second-order valence-electron chi connectivity index (χ2n) is 6.26. The van der Waals surface area contributed by atoms with Gasteiger partial charge in [-0.2, -0.15) is 0 Å². The summed E-state index contributed by atoms with van der Waals surface area (Å²) in [6.07, 6.45) is 2.13. The molecule has 1 aliphatic rings. The van der Waals surface area contributed by atoms with Crippen LogP contribution in [0.4, 0.5) is 0 Å². The standard InChI is InChI=1S/C18H28N2O/c1-6-12(3)14(5)20-17(19-13(4)18(20)21)16-10-8-15(7-2)9-11-16/h8-14,17,19H,6-7H2,1-5H3. The van der Waals surface area contributed by atoms with Gasteiger partial charge in [-0.3, -0.25) is 10.1 Å². The van der Waals surface area contributed by atoms with Crippen LogP contribution >= 0.6 is 0 Å². The third-order valence-corrected chi connectivity index (χ3v) is 4.92. The molecule has 0 saturated carbocycles. The zero-order valence-corrected chi connectivity index (χ0v) is 13.9. The highest BCUT2D eigenvalue weighted by atomic mass is 16.2. The maximum absolute atomic E-state index is 12.5. The van der Waals surface area contributed by atoms with E-state index in [1.807, 2.05) is 11.8 Å². The van der Waals surface area contributed by atoms with Gasteiger partial charge in [0.05, 0.1) is 6.04 Å². The molecular weight excluding hydrogens is 260 g/mol. The lowest BCUT2D eigenvalue weighted by atomic mass is 9.98. The Bertz CT molecular complexity index is 482. The van der Waals surface area contributed by atoms with E-state index in [1.54, 1.807) is 0 Å². The minimum atomic E-state index is -0.104. The van der Waals surface area contributed by atoms with Crippen LogP contribution in [-0.2, 0) is 11.2 Å². The van der Waals surface area contributed by atoms with Crippen molar-refractivity contribution in [2.75, 3.05) is 0 Å². The van der Waals surface area contributed by atoms with Gasteiger partial charge >= 0.3 is 0 Å². The monoisotopic (exact) mass is 288 g/mol. The van der Waals surface area contributed by atoms with Crippen LogP contribution < -0.4 is 5.32 Å². The predicted molar refractivity (Wildman–Crippen MR) is 86.9 cm³/mol. The summed E-state index contributed by atoms with van der Waals surface area (Å²) in [5.74, 6) is 0.714. The summed E-state index contributed by atoms with van der Waals surface area (Å²) in [4.78, 5) is 14.6. The quantitative estimate of drug-likeness (QED) is 0.899. The van der Waals surface area contributed by atoms with Crippen molar-refractivity contribution in [1.82, 2.24) is 10.2 Å². The third-order valence-electron chi connectivity index (χ3n) is 4.92. The van der Waals surface area contributed by atoms with Crippen molar-refractivity contribution in [2.45, 2.75) is 65.7 Å².